The van der Waals surface area contributed by atoms with Gasteiger partial charge in [-0.25, -0.2) is 0 Å². The lowest BCUT2D eigenvalue weighted by Gasteiger charge is -2.09. The third kappa shape index (κ3) is 3.87. The van der Waals surface area contributed by atoms with Gasteiger partial charge in [0.2, 0.25) is 11.2 Å². The smallest absolute Gasteiger partial charge is 0.235 e. The third-order valence-electron chi connectivity index (χ3n) is 4.30. The Morgan fingerprint density at radius 2 is 1.75 bits per heavy atom. The van der Waals surface area contributed by atoms with Crippen molar-refractivity contribution >= 4 is 22.6 Å². The van der Waals surface area contributed by atoms with Gasteiger partial charge in [-0.15, -0.1) is 0 Å². The number of halogens is 1. The summed E-state index contributed by atoms with van der Waals surface area (Å²) in [5.74, 6) is 1.10. The Morgan fingerprint density at radius 3 is 2.54 bits per heavy atom. The summed E-state index contributed by atoms with van der Waals surface area (Å²) in [6.07, 6.45) is 1.29. The van der Waals surface area contributed by atoms with E-state index >= 15 is 0 Å². The molecule has 0 bridgehead atoms. The average Bonchev–Trinajstić information content (AvgIpc) is 2.71. The minimum absolute atomic E-state index is 0.0777. The van der Waals surface area contributed by atoms with Crippen molar-refractivity contribution in [1.29, 1.82) is 0 Å². The van der Waals surface area contributed by atoms with E-state index in [1.807, 2.05) is 31.2 Å². The number of fused-ring (bicyclic) bond motifs is 1. The van der Waals surface area contributed by atoms with Gasteiger partial charge in [0.15, 0.2) is 0 Å². The Bertz CT molecular complexity index is 1180. The number of aryl methyl sites for hydroxylation is 1. The number of rotatable bonds is 5. The standard InChI is InChI=1S/C23H17ClO4/c1-15-6-8-16(9-7-15)13-26-17-10-11-18-21(12-17)27-14-22(23(18)25)28-20-5-3-2-4-19(20)24/h2-12,14H,13H2,1H3. The summed E-state index contributed by atoms with van der Waals surface area (Å²) in [6, 6.07) is 20.2. The minimum Gasteiger partial charge on any atom is -0.489 e. The normalized spacial score (nSPS) is 10.8. The second-order valence-electron chi connectivity index (χ2n) is 6.39. The lowest BCUT2D eigenvalue weighted by Crippen LogP contribution is -2.05. The predicted octanol–water partition coefficient (Wildman–Crippen LogP) is 6.13. The largest absolute Gasteiger partial charge is 0.489 e. The van der Waals surface area contributed by atoms with Crippen molar-refractivity contribution in [2.45, 2.75) is 13.5 Å². The Hall–Kier alpha value is -3.24. The molecule has 140 valence electrons. The maximum Gasteiger partial charge on any atom is 0.235 e. The molecule has 0 aliphatic carbocycles. The highest BCUT2D eigenvalue weighted by atomic mass is 35.5. The number of ether oxygens (including phenoxy) is 2. The highest BCUT2D eigenvalue weighted by Crippen LogP contribution is 2.29. The van der Waals surface area contributed by atoms with E-state index < -0.39 is 0 Å². The van der Waals surface area contributed by atoms with Gasteiger partial charge in [0.1, 0.15) is 30.0 Å². The van der Waals surface area contributed by atoms with Crippen LogP contribution in [0.1, 0.15) is 11.1 Å². The predicted molar refractivity (Wildman–Crippen MR) is 110 cm³/mol. The van der Waals surface area contributed by atoms with Crippen LogP contribution >= 0.6 is 11.6 Å². The Balaban J connectivity index is 1.56. The van der Waals surface area contributed by atoms with E-state index in [4.69, 9.17) is 25.5 Å². The fraction of sp³-hybridized carbons (Fsp3) is 0.0870. The fourth-order valence-electron chi connectivity index (χ4n) is 2.75. The van der Waals surface area contributed by atoms with Gasteiger partial charge in [-0.1, -0.05) is 53.6 Å². The SMILES string of the molecule is Cc1ccc(COc2ccc3c(=O)c(Oc4ccccc4Cl)coc3c2)cc1. The van der Waals surface area contributed by atoms with Crippen LogP contribution < -0.4 is 14.9 Å². The lowest BCUT2D eigenvalue weighted by atomic mass is 10.2. The molecule has 1 heterocycles. The van der Waals surface area contributed by atoms with Crippen LogP contribution in [0.15, 0.2) is 82.2 Å². The van der Waals surface area contributed by atoms with Crippen LogP contribution in [0, 0.1) is 6.92 Å². The van der Waals surface area contributed by atoms with Crippen molar-refractivity contribution in [3.8, 4) is 17.2 Å². The van der Waals surface area contributed by atoms with Crippen LogP contribution in [-0.4, -0.2) is 0 Å². The van der Waals surface area contributed by atoms with Gasteiger partial charge in [-0.3, -0.25) is 4.79 Å². The van der Waals surface area contributed by atoms with Crippen molar-refractivity contribution in [3.63, 3.8) is 0 Å². The molecule has 0 aliphatic rings. The maximum absolute atomic E-state index is 12.7. The molecule has 0 amide bonds. The minimum atomic E-state index is -0.272. The number of benzene rings is 3. The van der Waals surface area contributed by atoms with Gasteiger partial charge in [0, 0.05) is 6.07 Å². The Morgan fingerprint density at radius 1 is 0.964 bits per heavy atom. The van der Waals surface area contributed by atoms with Crippen LogP contribution in [0.2, 0.25) is 5.02 Å². The monoisotopic (exact) mass is 392 g/mol. The summed E-state index contributed by atoms with van der Waals surface area (Å²) in [6.45, 7) is 2.48. The first-order valence-electron chi connectivity index (χ1n) is 8.76. The van der Waals surface area contributed by atoms with E-state index in [1.54, 1.807) is 42.5 Å². The lowest BCUT2D eigenvalue weighted by molar-refractivity contribution is 0.306. The van der Waals surface area contributed by atoms with E-state index in [1.165, 1.54) is 11.8 Å². The number of hydrogen-bond acceptors (Lipinski definition) is 4. The molecule has 5 heteroatoms. The zero-order valence-electron chi connectivity index (χ0n) is 15.1. The quantitative estimate of drug-likeness (QED) is 0.410. The first-order chi connectivity index (χ1) is 13.6. The van der Waals surface area contributed by atoms with Crippen molar-refractivity contribution < 1.29 is 13.9 Å². The van der Waals surface area contributed by atoms with Gasteiger partial charge in [-0.2, -0.15) is 0 Å². The summed E-state index contributed by atoms with van der Waals surface area (Å²) in [4.78, 5) is 12.7. The molecular weight excluding hydrogens is 376 g/mol. The van der Waals surface area contributed by atoms with E-state index in [9.17, 15) is 4.79 Å². The summed E-state index contributed by atoms with van der Waals surface area (Å²) >= 11 is 6.09. The van der Waals surface area contributed by atoms with Crippen molar-refractivity contribution in [2.24, 2.45) is 0 Å². The highest BCUT2D eigenvalue weighted by molar-refractivity contribution is 6.32. The fourth-order valence-corrected chi connectivity index (χ4v) is 2.92. The third-order valence-corrected chi connectivity index (χ3v) is 4.61. The first kappa shape index (κ1) is 18.1. The van der Waals surface area contributed by atoms with Crippen molar-refractivity contribution in [3.05, 3.63) is 99.4 Å². The van der Waals surface area contributed by atoms with Crippen LogP contribution in [0.3, 0.4) is 0 Å². The van der Waals surface area contributed by atoms with Crippen LogP contribution in [0.4, 0.5) is 0 Å². The van der Waals surface area contributed by atoms with Crippen LogP contribution in [0.25, 0.3) is 11.0 Å². The number of hydrogen-bond donors (Lipinski definition) is 0. The Labute approximate surface area is 166 Å². The van der Waals surface area contributed by atoms with E-state index in [2.05, 4.69) is 0 Å². The van der Waals surface area contributed by atoms with E-state index in [0.29, 0.717) is 34.1 Å². The Kier molecular flexibility index (Phi) is 5.04. The first-order valence-corrected chi connectivity index (χ1v) is 9.14. The average molecular weight is 393 g/mol. The van der Waals surface area contributed by atoms with Crippen molar-refractivity contribution in [2.75, 3.05) is 0 Å². The molecule has 0 saturated heterocycles. The van der Waals surface area contributed by atoms with Gasteiger partial charge < -0.3 is 13.9 Å². The molecule has 0 unspecified atom stereocenters. The second kappa shape index (κ2) is 7.79. The molecule has 0 atom stereocenters. The molecule has 3 aromatic carbocycles. The van der Waals surface area contributed by atoms with Crippen molar-refractivity contribution in [1.82, 2.24) is 0 Å². The zero-order chi connectivity index (χ0) is 19.5. The summed E-state index contributed by atoms with van der Waals surface area (Å²) in [5, 5.41) is 0.828. The molecule has 0 N–H and O–H groups in total. The van der Waals surface area contributed by atoms with E-state index in [-0.39, 0.29) is 11.2 Å². The molecule has 4 rings (SSSR count). The van der Waals surface area contributed by atoms with Gasteiger partial charge >= 0.3 is 0 Å². The topological polar surface area (TPSA) is 48.7 Å². The zero-order valence-corrected chi connectivity index (χ0v) is 15.9. The maximum atomic E-state index is 12.7. The molecule has 0 saturated carbocycles. The van der Waals surface area contributed by atoms with Crippen LogP contribution in [0.5, 0.6) is 17.2 Å². The summed E-state index contributed by atoms with van der Waals surface area (Å²) in [5.41, 5.74) is 2.42. The number of para-hydroxylation sites is 1. The van der Waals surface area contributed by atoms with Gasteiger partial charge in [0.25, 0.3) is 0 Å². The molecule has 4 aromatic rings. The molecule has 4 nitrogen and oxygen atoms in total. The van der Waals surface area contributed by atoms with Crippen LogP contribution in [-0.2, 0) is 6.61 Å². The summed E-state index contributed by atoms with van der Waals surface area (Å²) in [7, 11) is 0. The van der Waals surface area contributed by atoms with Gasteiger partial charge in [-0.05, 0) is 36.8 Å². The molecular formula is C23H17ClO4. The highest BCUT2D eigenvalue weighted by Gasteiger charge is 2.11. The molecule has 0 aliphatic heterocycles. The summed E-state index contributed by atoms with van der Waals surface area (Å²) < 4.78 is 17.0. The second-order valence-corrected chi connectivity index (χ2v) is 6.80. The molecule has 0 spiro atoms. The van der Waals surface area contributed by atoms with E-state index in [0.717, 1.165) is 5.56 Å². The molecule has 28 heavy (non-hydrogen) atoms. The van der Waals surface area contributed by atoms with Gasteiger partial charge in [0.05, 0.1) is 10.4 Å². The molecule has 1 aromatic heterocycles. The molecule has 0 fully saturated rings. The molecule has 0 radical (unpaired) electrons.